The maximum absolute atomic E-state index is 12.0. The molecule has 2 nitrogen and oxygen atoms in total. The highest BCUT2D eigenvalue weighted by molar-refractivity contribution is 5.84. The molecule has 0 aliphatic heterocycles. The first-order chi connectivity index (χ1) is 5.39. The SMILES string of the molecule is C/C(C=NC=N)=C(/C)C(F)(F)F. The van der Waals surface area contributed by atoms with E-state index in [2.05, 4.69) is 4.99 Å². The molecule has 0 aromatic rings. The molecule has 0 bridgehead atoms. The smallest absolute Gasteiger partial charge is 0.290 e. The Bertz CT molecular complexity index is 225. The van der Waals surface area contributed by atoms with E-state index in [4.69, 9.17) is 5.41 Å². The Morgan fingerprint density at radius 1 is 1.33 bits per heavy atom. The molecule has 0 atom stereocenters. The molecule has 0 aromatic heterocycles. The maximum atomic E-state index is 12.0. The lowest BCUT2D eigenvalue weighted by atomic mass is 10.1. The second-order valence-electron chi connectivity index (χ2n) is 2.21. The van der Waals surface area contributed by atoms with E-state index in [1.807, 2.05) is 0 Å². The van der Waals surface area contributed by atoms with Crippen molar-refractivity contribution in [1.29, 1.82) is 5.41 Å². The van der Waals surface area contributed by atoms with Gasteiger partial charge in [0.2, 0.25) is 0 Å². The summed E-state index contributed by atoms with van der Waals surface area (Å²) in [7, 11) is 0. The van der Waals surface area contributed by atoms with Crippen LogP contribution in [0, 0.1) is 5.41 Å². The lowest BCUT2D eigenvalue weighted by Gasteiger charge is -2.07. The van der Waals surface area contributed by atoms with Crippen LogP contribution in [-0.4, -0.2) is 18.7 Å². The Labute approximate surface area is 68.3 Å². The fraction of sp³-hybridized carbons (Fsp3) is 0.429. The van der Waals surface area contributed by atoms with Gasteiger partial charge >= 0.3 is 6.18 Å². The van der Waals surface area contributed by atoms with Crippen molar-refractivity contribution in [3.05, 3.63) is 11.1 Å². The molecule has 0 saturated carbocycles. The molecule has 0 aliphatic carbocycles. The van der Waals surface area contributed by atoms with E-state index in [0.717, 1.165) is 13.1 Å². The lowest BCUT2D eigenvalue weighted by molar-refractivity contribution is -0.0917. The molecule has 0 unspecified atom stereocenters. The minimum Gasteiger partial charge on any atom is -0.290 e. The van der Waals surface area contributed by atoms with E-state index in [-0.39, 0.29) is 5.57 Å². The number of rotatable bonds is 2. The molecule has 12 heavy (non-hydrogen) atoms. The maximum Gasteiger partial charge on any atom is 0.412 e. The minimum atomic E-state index is -4.31. The third-order valence-corrected chi connectivity index (χ3v) is 1.36. The van der Waals surface area contributed by atoms with Crippen LogP contribution in [0.4, 0.5) is 13.2 Å². The Kier molecular flexibility index (Phi) is 3.66. The van der Waals surface area contributed by atoms with E-state index in [1.165, 1.54) is 6.92 Å². The number of nitrogens with one attached hydrogen (secondary N) is 1. The van der Waals surface area contributed by atoms with Gasteiger partial charge in [0.25, 0.3) is 0 Å². The number of hydrogen-bond acceptors (Lipinski definition) is 1. The fourth-order valence-electron chi connectivity index (χ4n) is 0.469. The molecule has 0 aliphatic rings. The zero-order chi connectivity index (χ0) is 9.78. The molecule has 0 fully saturated rings. The summed E-state index contributed by atoms with van der Waals surface area (Å²) < 4.78 is 35.9. The van der Waals surface area contributed by atoms with Crippen molar-refractivity contribution in [2.75, 3.05) is 0 Å². The number of nitrogens with zero attached hydrogens (tertiary/aromatic N) is 1. The molecular formula is C7H9F3N2. The number of hydrogen-bond donors (Lipinski definition) is 1. The van der Waals surface area contributed by atoms with Crippen molar-refractivity contribution in [2.24, 2.45) is 4.99 Å². The normalized spacial score (nSPS) is 14.8. The van der Waals surface area contributed by atoms with E-state index in [1.54, 1.807) is 0 Å². The first kappa shape index (κ1) is 10.9. The fourth-order valence-corrected chi connectivity index (χ4v) is 0.469. The zero-order valence-corrected chi connectivity index (χ0v) is 6.74. The van der Waals surface area contributed by atoms with Crippen molar-refractivity contribution >= 4 is 12.6 Å². The third-order valence-electron chi connectivity index (χ3n) is 1.36. The highest BCUT2D eigenvalue weighted by atomic mass is 19.4. The van der Waals surface area contributed by atoms with Gasteiger partial charge in [-0.25, -0.2) is 4.99 Å². The largest absolute Gasteiger partial charge is 0.412 e. The summed E-state index contributed by atoms with van der Waals surface area (Å²) in [5.41, 5.74) is -0.667. The van der Waals surface area contributed by atoms with E-state index >= 15 is 0 Å². The molecule has 5 heteroatoms. The van der Waals surface area contributed by atoms with Crippen molar-refractivity contribution in [3.63, 3.8) is 0 Å². The van der Waals surface area contributed by atoms with Crippen molar-refractivity contribution in [3.8, 4) is 0 Å². The van der Waals surface area contributed by atoms with Crippen molar-refractivity contribution in [2.45, 2.75) is 20.0 Å². The van der Waals surface area contributed by atoms with Gasteiger partial charge in [0.15, 0.2) is 0 Å². The number of halogens is 3. The van der Waals surface area contributed by atoms with Crippen LogP contribution >= 0.6 is 0 Å². The van der Waals surface area contributed by atoms with Crippen LogP contribution in [0.2, 0.25) is 0 Å². The van der Waals surface area contributed by atoms with E-state index < -0.39 is 11.7 Å². The minimum absolute atomic E-state index is 0.0194. The molecule has 0 saturated heterocycles. The monoisotopic (exact) mass is 178 g/mol. The summed E-state index contributed by atoms with van der Waals surface area (Å²) in [6.07, 6.45) is -2.61. The molecule has 1 N–H and O–H groups in total. The molecule has 0 aromatic carbocycles. The summed E-state index contributed by atoms with van der Waals surface area (Å²) >= 11 is 0. The van der Waals surface area contributed by atoms with Gasteiger partial charge in [-0.3, -0.25) is 5.41 Å². The predicted octanol–water partition coefficient (Wildman–Crippen LogP) is 2.56. The Hall–Kier alpha value is -1.13. The standard InChI is InChI=1S/C7H9F3N2/c1-5(3-12-4-11)6(2)7(8,9)10/h3-4,11H,1-2H3/b6-5+,11-4?,12-3?. The van der Waals surface area contributed by atoms with E-state index in [9.17, 15) is 13.2 Å². The van der Waals surface area contributed by atoms with E-state index in [0.29, 0.717) is 6.34 Å². The number of alkyl halides is 3. The average molecular weight is 178 g/mol. The van der Waals surface area contributed by atoms with Gasteiger partial charge in [-0.15, -0.1) is 0 Å². The highest BCUT2D eigenvalue weighted by Gasteiger charge is 2.31. The van der Waals surface area contributed by atoms with Gasteiger partial charge in [0.1, 0.15) is 6.34 Å². The van der Waals surface area contributed by atoms with Gasteiger partial charge in [0.05, 0.1) is 0 Å². The van der Waals surface area contributed by atoms with Gasteiger partial charge in [-0.05, 0) is 19.4 Å². The summed E-state index contributed by atoms with van der Waals surface area (Å²) in [6, 6.07) is 0. The van der Waals surface area contributed by atoms with Crippen LogP contribution in [-0.2, 0) is 0 Å². The third kappa shape index (κ3) is 3.32. The Balaban J connectivity index is 4.69. The van der Waals surface area contributed by atoms with Crippen molar-refractivity contribution < 1.29 is 13.2 Å². The van der Waals surface area contributed by atoms with Crippen LogP contribution in [0.25, 0.3) is 0 Å². The summed E-state index contributed by atoms with van der Waals surface area (Å²) in [5.74, 6) is 0. The molecule has 0 heterocycles. The molecule has 68 valence electrons. The van der Waals surface area contributed by atoms with Gasteiger partial charge < -0.3 is 0 Å². The first-order valence-corrected chi connectivity index (χ1v) is 3.16. The summed E-state index contributed by atoms with van der Waals surface area (Å²) in [6.45, 7) is 2.28. The second kappa shape index (κ2) is 4.04. The van der Waals surface area contributed by atoms with Crippen LogP contribution in [0.15, 0.2) is 16.1 Å². The Morgan fingerprint density at radius 3 is 2.17 bits per heavy atom. The number of allylic oxidation sites excluding steroid dienone is 2. The van der Waals surface area contributed by atoms with Crippen LogP contribution in [0.1, 0.15) is 13.8 Å². The van der Waals surface area contributed by atoms with Gasteiger partial charge in [-0.2, -0.15) is 13.2 Å². The first-order valence-electron chi connectivity index (χ1n) is 3.16. The quantitative estimate of drug-likeness (QED) is 0.498. The summed E-state index contributed by atoms with van der Waals surface area (Å²) in [5, 5.41) is 6.47. The van der Waals surface area contributed by atoms with Crippen molar-refractivity contribution in [1.82, 2.24) is 0 Å². The topological polar surface area (TPSA) is 36.2 Å². The average Bonchev–Trinajstić information content (AvgIpc) is 1.97. The number of aliphatic imine (C=N–C) groups is 1. The Morgan fingerprint density at radius 2 is 1.83 bits per heavy atom. The molecule has 0 spiro atoms. The van der Waals surface area contributed by atoms with Crippen LogP contribution in [0.5, 0.6) is 0 Å². The van der Waals surface area contributed by atoms with Gasteiger partial charge in [-0.1, -0.05) is 0 Å². The second-order valence-corrected chi connectivity index (χ2v) is 2.21. The molecule has 0 amide bonds. The highest BCUT2D eigenvalue weighted by Crippen LogP contribution is 2.26. The molecule has 0 rings (SSSR count). The molecule has 0 radical (unpaired) electrons. The van der Waals surface area contributed by atoms with Gasteiger partial charge in [0, 0.05) is 11.8 Å². The van der Waals surface area contributed by atoms with Crippen LogP contribution in [0.3, 0.4) is 0 Å². The lowest BCUT2D eigenvalue weighted by Crippen LogP contribution is -2.11. The zero-order valence-electron chi connectivity index (χ0n) is 6.74. The predicted molar refractivity (Wildman–Crippen MR) is 41.7 cm³/mol. The summed E-state index contributed by atoms with van der Waals surface area (Å²) in [4.78, 5) is 3.27. The molecular weight excluding hydrogens is 169 g/mol. The van der Waals surface area contributed by atoms with Crippen LogP contribution < -0.4 is 0 Å².